The van der Waals surface area contributed by atoms with Crippen LogP contribution in [0.3, 0.4) is 0 Å². The van der Waals surface area contributed by atoms with Crippen molar-refractivity contribution in [3.8, 4) is 0 Å². The Kier molecular flexibility index (Phi) is 10.3. The minimum atomic E-state index is -1.11. The topological polar surface area (TPSA) is 95.9 Å². The molecule has 10 atom stereocenters. The van der Waals surface area contributed by atoms with E-state index in [0.717, 1.165) is 51.1 Å². The highest BCUT2D eigenvalue weighted by Crippen LogP contribution is 2.72. The Balaban J connectivity index is 1.17. The summed E-state index contributed by atoms with van der Waals surface area (Å²) in [7, 11) is 0. The molecule has 0 aromatic rings. The molecule has 3 N–H and O–H groups in total. The predicted octanol–water partition coefficient (Wildman–Crippen LogP) is 8.95. The molecule has 0 aliphatic heterocycles. The average Bonchev–Trinajstić information content (AvgIpc) is 3.44. The first kappa shape index (κ1) is 36.4. The number of carboxylic acid groups (broad SMARTS) is 1. The summed E-state index contributed by atoms with van der Waals surface area (Å²) in [6.45, 7) is 17.3. The smallest absolute Gasteiger partial charge is 0.309 e. The molecule has 6 nitrogen and oxygen atoms in total. The van der Waals surface area contributed by atoms with E-state index in [4.69, 9.17) is 4.74 Å². The maximum atomic E-state index is 12.9. The summed E-state index contributed by atoms with van der Waals surface area (Å²) in [6.07, 6.45) is 17.8. The van der Waals surface area contributed by atoms with Crippen LogP contribution in [-0.2, 0) is 14.3 Å². The molecular weight excluding hydrogens is 598 g/mol. The molecule has 10 unspecified atom stereocenters. The van der Waals surface area contributed by atoms with Gasteiger partial charge in [-0.25, -0.2) is 0 Å². The van der Waals surface area contributed by atoms with Crippen LogP contribution in [0.2, 0.25) is 0 Å². The van der Waals surface area contributed by atoms with E-state index in [-0.39, 0.29) is 46.8 Å². The summed E-state index contributed by atoms with van der Waals surface area (Å²) in [5, 5.41) is 25.4. The summed E-state index contributed by atoms with van der Waals surface area (Å²) in [5.41, 5.74) is 2.74. The number of esters is 1. The van der Waals surface area contributed by atoms with Crippen LogP contribution < -0.4 is 5.32 Å². The lowest BCUT2D eigenvalue weighted by atomic mass is 9.38. The number of ether oxygens (including phenoxy) is 1. The third kappa shape index (κ3) is 6.24. The van der Waals surface area contributed by atoms with Gasteiger partial charge < -0.3 is 20.3 Å². The summed E-state index contributed by atoms with van der Waals surface area (Å²) in [4.78, 5) is 24.6. The van der Waals surface area contributed by atoms with Crippen molar-refractivity contribution in [2.45, 2.75) is 163 Å². The van der Waals surface area contributed by atoms with E-state index in [0.29, 0.717) is 29.6 Å². The third-order valence-corrected chi connectivity index (χ3v) is 16.0. The van der Waals surface area contributed by atoms with Crippen molar-refractivity contribution in [2.75, 3.05) is 13.1 Å². The zero-order valence-corrected chi connectivity index (χ0v) is 31.5. The lowest BCUT2D eigenvalue weighted by Gasteiger charge is -2.67. The van der Waals surface area contributed by atoms with E-state index in [1.54, 1.807) is 25.0 Å². The first-order chi connectivity index (χ1) is 22.6. The van der Waals surface area contributed by atoms with Crippen LogP contribution in [0, 0.1) is 63.1 Å². The van der Waals surface area contributed by atoms with Crippen LogP contribution >= 0.6 is 0 Å². The van der Waals surface area contributed by atoms with Gasteiger partial charge in [-0.3, -0.25) is 9.59 Å². The summed E-state index contributed by atoms with van der Waals surface area (Å²) >= 11 is 0. The molecule has 6 heteroatoms. The lowest BCUT2D eigenvalue weighted by molar-refractivity contribution is -0.193. The molecule has 0 aromatic carbocycles. The fraction of sp³-hybridized carbons (Fsp3) is 0.905. The minimum Gasteiger partial charge on any atom is -0.481 e. The Morgan fingerprint density at radius 2 is 1.58 bits per heavy atom. The zero-order valence-electron chi connectivity index (χ0n) is 31.5. The van der Waals surface area contributed by atoms with Gasteiger partial charge in [0.1, 0.15) is 6.10 Å². The van der Waals surface area contributed by atoms with Crippen molar-refractivity contribution < 1.29 is 24.5 Å². The summed E-state index contributed by atoms with van der Waals surface area (Å²) < 4.78 is 6.07. The average molecular weight is 668 g/mol. The van der Waals surface area contributed by atoms with Crippen molar-refractivity contribution in [3.63, 3.8) is 0 Å². The number of allylic oxidation sites excluding steroid dienone is 1. The highest BCUT2D eigenvalue weighted by molar-refractivity contribution is 5.81. The van der Waals surface area contributed by atoms with E-state index in [1.165, 1.54) is 64.2 Å². The molecule has 6 rings (SSSR count). The van der Waals surface area contributed by atoms with Gasteiger partial charge in [-0.15, -0.1) is 0 Å². The summed E-state index contributed by atoms with van der Waals surface area (Å²) in [6, 6.07) is 0. The molecule has 5 saturated carbocycles. The van der Waals surface area contributed by atoms with Gasteiger partial charge in [-0.2, -0.15) is 0 Å². The van der Waals surface area contributed by atoms with Crippen molar-refractivity contribution in [1.29, 1.82) is 0 Å². The van der Waals surface area contributed by atoms with Crippen LogP contribution in [0.25, 0.3) is 0 Å². The minimum absolute atomic E-state index is 0.0453. The SMILES string of the molecule is CC(C)C1=C2C3CCC4C(C)(CCC5C(C)C(OC(=O)CC(C)(C)C(=O)O)CCC54C)C3CCC2(C(O)CNCC2CCCCC2)CC1. The second-order valence-electron chi connectivity index (χ2n) is 19.3. The zero-order chi connectivity index (χ0) is 34.6. The first-order valence-corrected chi connectivity index (χ1v) is 20.2. The maximum Gasteiger partial charge on any atom is 0.309 e. The van der Waals surface area contributed by atoms with Gasteiger partial charge in [0.05, 0.1) is 17.9 Å². The fourth-order valence-corrected chi connectivity index (χ4v) is 13.3. The molecule has 272 valence electrons. The van der Waals surface area contributed by atoms with Crippen LogP contribution in [0.5, 0.6) is 0 Å². The largest absolute Gasteiger partial charge is 0.481 e. The molecule has 5 fully saturated rings. The number of hydrogen-bond acceptors (Lipinski definition) is 5. The van der Waals surface area contributed by atoms with Crippen molar-refractivity contribution >= 4 is 11.9 Å². The van der Waals surface area contributed by atoms with E-state index in [1.807, 2.05) is 0 Å². The van der Waals surface area contributed by atoms with E-state index < -0.39 is 11.4 Å². The normalized spacial score (nSPS) is 40.9. The number of nitrogens with one attached hydrogen (secondary N) is 1. The standard InChI is InChI=1S/C42H69NO5/c1-26(2)29-15-21-42(35(44)25-43-24-28-11-9-8-10-12-28)22-17-32-30(37(29)42)13-14-34-40(6)20-18-33(27(3)31(40)16-19-41(32,34)7)48-36(45)23-39(4,5)38(46)47/h26-28,30-35,43-44H,8-25H2,1-7H3,(H,46,47). The number of rotatable bonds is 10. The van der Waals surface area contributed by atoms with E-state index >= 15 is 0 Å². The molecule has 0 saturated heterocycles. The summed E-state index contributed by atoms with van der Waals surface area (Å²) in [5.74, 6) is 2.73. The Morgan fingerprint density at radius 3 is 2.27 bits per heavy atom. The van der Waals surface area contributed by atoms with Gasteiger partial charge >= 0.3 is 11.9 Å². The number of carboxylic acids is 1. The Hall–Kier alpha value is -1.40. The molecule has 0 radical (unpaired) electrons. The fourth-order valence-electron chi connectivity index (χ4n) is 13.3. The molecule has 6 aliphatic rings. The van der Waals surface area contributed by atoms with E-state index in [2.05, 4.69) is 39.9 Å². The highest BCUT2D eigenvalue weighted by Gasteiger charge is 2.65. The molecule has 0 spiro atoms. The van der Waals surface area contributed by atoms with Gasteiger partial charge in [-0.05, 0) is 150 Å². The molecule has 0 aromatic heterocycles. The Bertz CT molecular complexity index is 1230. The number of aliphatic carboxylic acids is 1. The number of aliphatic hydroxyl groups is 1. The Morgan fingerprint density at radius 1 is 0.917 bits per heavy atom. The van der Waals surface area contributed by atoms with Crippen LogP contribution in [0.1, 0.15) is 151 Å². The molecule has 0 heterocycles. The first-order valence-electron chi connectivity index (χ1n) is 20.2. The quantitative estimate of drug-likeness (QED) is 0.159. The number of fused-ring (bicyclic) bond motifs is 7. The van der Waals surface area contributed by atoms with Gasteiger partial charge in [-0.1, -0.05) is 65.0 Å². The number of hydrogen-bond donors (Lipinski definition) is 3. The maximum absolute atomic E-state index is 12.9. The molecule has 0 bridgehead atoms. The second-order valence-corrected chi connectivity index (χ2v) is 19.3. The molecule has 48 heavy (non-hydrogen) atoms. The van der Waals surface area contributed by atoms with Gasteiger partial charge in [0.15, 0.2) is 0 Å². The second kappa shape index (κ2) is 13.6. The number of aliphatic hydroxyl groups excluding tert-OH is 1. The van der Waals surface area contributed by atoms with Gasteiger partial charge in [0.2, 0.25) is 0 Å². The van der Waals surface area contributed by atoms with Gasteiger partial charge in [0, 0.05) is 12.0 Å². The van der Waals surface area contributed by atoms with Crippen LogP contribution in [-0.4, -0.2) is 47.4 Å². The number of carbonyl (C=O) groups excluding carboxylic acids is 1. The third-order valence-electron chi connectivity index (χ3n) is 16.0. The monoisotopic (exact) mass is 668 g/mol. The van der Waals surface area contributed by atoms with Crippen LogP contribution in [0.4, 0.5) is 0 Å². The van der Waals surface area contributed by atoms with E-state index in [9.17, 15) is 19.8 Å². The van der Waals surface area contributed by atoms with Crippen LogP contribution in [0.15, 0.2) is 11.1 Å². The molecule has 6 aliphatic carbocycles. The number of carbonyl (C=O) groups is 2. The molecule has 0 amide bonds. The van der Waals surface area contributed by atoms with Crippen molar-refractivity contribution in [3.05, 3.63) is 11.1 Å². The lowest BCUT2D eigenvalue weighted by Crippen LogP contribution is -2.61. The van der Waals surface area contributed by atoms with Crippen molar-refractivity contribution in [2.24, 2.45) is 63.1 Å². The van der Waals surface area contributed by atoms with Gasteiger partial charge in [0.25, 0.3) is 0 Å². The molecular formula is C42H69NO5. The van der Waals surface area contributed by atoms with Crippen molar-refractivity contribution in [1.82, 2.24) is 5.32 Å². The Labute approximate surface area is 292 Å². The predicted molar refractivity (Wildman–Crippen MR) is 191 cm³/mol. The highest BCUT2D eigenvalue weighted by atomic mass is 16.5.